The topological polar surface area (TPSA) is 65.0 Å². The third-order valence-electron chi connectivity index (χ3n) is 2.08. The summed E-state index contributed by atoms with van der Waals surface area (Å²) in [4.78, 5) is 11.5. The fourth-order valence-corrected chi connectivity index (χ4v) is 1.18. The Morgan fingerprint density at radius 1 is 1.22 bits per heavy atom. The van der Waals surface area contributed by atoms with Crippen LogP contribution < -0.4 is 0 Å². The van der Waals surface area contributed by atoms with Crippen LogP contribution in [0.4, 0.5) is 0 Å². The summed E-state index contributed by atoms with van der Waals surface area (Å²) in [6.07, 6.45) is 0.586. The quantitative estimate of drug-likeness (QED) is 0.347. The Kier molecular flexibility index (Phi) is 6.35. The van der Waals surface area contributed by atoms with Gasteiger partial charge < -0.3 is 19.3 Å². The zero-order valence-corrected chi connectivity index (χ0v) is 10.2. The van der Waals surface area contributed by atoms with Crippen LogP contribution in [0.5, 0.6) is 0 Å². The molecule has 1 aromatic carbocycles. The number of carbonyl (C=O) groups excluding carboxylic acids is 1. The number of hydrogen-bond acceptors (Lipinski definition) is 5. The highest BCUT2D eigenvalue weighted by Crippen LogP contribution is 2.05. The Balaban J connectivity index is 2.39. The minimum atomic E-state index is -0.711. The van der Waals surface area contributed by atoms with Crippen LogP contribution in [0.1, 0.15) is 5.56 Å². The zero-order valence-electron chi connectivity index (χ0n) is 10.2. The average Bonchev–Trinajstić information content (AvgIpc) is 2.42. The highest BCUT2D eigenvalue weighted by molar-refractivity contribution is 5.85. The van der Waals surface area contributed by atoms with E-state index in [1.807, 2.05) is 30.3 Å². The predicted octanol–water partition coefficient (Wildman–Crippen LogP) is 1.79. The van der Waals surface area contributed by atoms with Crippen LogP contribution >= 0.6 is 0 Å². The van der Waals surface area contributed by atoms with Crippen molar-refractivity contribution in [2.24, 2.45) is 0 Å². The highest BCUT2D eigenvalue weighted by Gasteiger charge is 2.13. The maximum absolute atomic E-state index is 11.5. The van der Waals surface area contributed by atoms with E-state index in [4.69, 9.17) is 19.3 Å². The smallest absolute Gasteiger partial charge is 0.377 e. The largest absolute Gasteiger partial charge is 0.511 e. The number of hydrogen-bond donors (Lipinski definition) is 1. The summed E-state index contributed by atoms with van der Waals surface area (Å²) in [7, 11) is 1.51. The van der Waals surface area contributed by atoms with Crippen molar-refractivity contribution < 1.29 is 24.1 Å². The Hall–Kier alpha value is -2.01. The van der Waals surface area contributed by atoms with Crippen molar-refractivity contribution >= 4 is 5.97 Å². The molecule has 0 heterocycles. The predicted molar refractivity (Wildman–Crippen MR) is 64.8 cm³/mol. The first-order valence-electron chi connectivity index (χ1n) is 5.45. The zero-order chi connectivity index (χ0) is 13.2. The summed E-state index contributed by atoms with van der Waals surface area (Å²) in [5.41, 5.74) is 0.861. The maximum atomic E-state index is 11.5. The van der Waals surface area contributed by atoms with Gasteiger partial charge >= 0.3 is 5.97 Å². The standard InChI is InChI=1S/C13H16O5/c1-16-7-8-17-12(9-14)13(15)18-10-11-5-3-2-4-6-11/h2-6,9,14H,7-8,10H2,1H3. The first kappa shape index (κ1) is 14.1. The van der Waals surface area contributed by atoms with E-state index in [0.717, 1.165) is 5.56 Å². The number of esters is 1. The number of methoxy groups -OCH3 is 1. The Bertz CT molecular complexity index is 386. The van der Waals surface area contributed by atoms with Crippen LogP contribution in [0.25, 0.3) is 0 Å². The van der Waals surface area contributed by atoms with Crippen molar-refractivity contribution in [2.45, 2.75) is 6.61 Å². The lowest BCUT2D eigenvalue weighted by Gasteiger charge is -2.08. The molecule has 0 atom stereocenters. The minimum absolute atomic E-state index is 0.130. The van der Waals surface area contributed by atoms with Gasteiger partial charge in [-0.15, -0.1) is 0 Å². The van der Waals surface area contributed by atoms with E-state index < -0.39 is 5.97 Å². The highest BCUT2D eigenvalue weighted by atomic mass is 16.6. The molecule has 0 radical (unpaired) electrons. The van der Waals surface area contributed by atoms with Gasteiger partial charge in [0.25, 0.3) is 0 Å². The van der Waals surface area contributed by atoms with Gasteiger partial charge in [-0.3, -0.25) is 0 Å². The van der Waals surface area contributed by atoms with Crippen LogP contribution in [0.3, 0.4) is 0 Å². The molecule has 18 heavy (non-hydrogen) atoms. The number of aliphatic hydroxyl groups excluding tert-OH is 1. The summed E-state index contributed by atoms with van der Waals surface area (Å²) in [5, 5.41) is 8.86. The van der Waals surface area contributed by atoms with E-state index in [0.29, 0.717) is 12.9 Å². The summed E-state index contributed by atoms with van der Waals surface area (Å²) in [6.45, 7) is 0.622. The molecule has 0 spiro atoms. The molecule has 0 aromatic heterocycles. The summed E-state index contributed by atoms with van der Waals surface area (Å²) < 4.78 is 14.7. The number of ether oxygens (including phenoxy) is 3. The Morgan fingerprint density at radius 2 is 1.94 bits per heavy atom. The van der Waals surface area contributed by atoms with Gasteiger partial charge in [0.2, 0.25) is 5.76 Å². The molecule has 5 heteroatoms. The van der Waals surface area contributed by atoms with Crippen molar-refractivity contribution in [3.8, 4) is 0 Å². The van der Waals surface area contributed by atoms with E-state index in [-0.39, 0.29) is 19.0 Å². The molecule has 1 aromatic rings. The molecule has 0 saturated carbocycles. The summed E-state index contributed by atoms with van der Waals surface area (Å²) in [5.74, 6) is -0.944. The lowest BCUT2D eigenvalue weighted by molar-refractivity contribution is -0.144. The van der Waals surface area contributed by atoms with E-state index in [2.05, 4.69) is 0 Å². The molecule has 0 saturated heterocycles. The maximum Gasteiger partial charge on any atom is 0.377 e. The third kappa shape index (κ3) is 4.88. The molecule has 0 fully saturated rings. The number of rotatable bonds is 7. The summed E-state index contributed by atoms with van der Waals surface area (Å²) in [6, 6.07) is 9.24. The van der Waals surface area contributed by atoms with Crippen LogP contribution in [-0.2, 0) is 25.6 Å². The van der Waals surface area contributed by atoms with Gasteiger partial charge in [-0.25, -0.2) is 4.79 Å². The van der Waals surface area contributed by atoms with Crippen molar-refractivity contribution in [3.63, 3.8) is 0 Å². The minimum Gasteiger partial charge on any atom is -0.511 e. The van der Waals surface area contributed by atoms with Crippen LogP contribution in [0, 0.1) is 0 Å². The van der Waals surface area contributed by atoms with Crippen molar-refractivity contribution in [3.05, 3.63) is 47.9 Å². The molecule has 0 aliphatic rings. The lowest BCUT2D eigenvalue weighted by atomic mass is 10.2. The van der Waals surface area contributed by atoms with Crippen molar-refractivity contribution in [2.75, 3.05) is 20.3 Å². The lowest BCUT2D eigenvalue weighted by Crippen LogP contribution is -2.13. The second-order valence-electron chi connectivity index (χ2n) is 3.40. The van der Waals surface area contributed by atoms with Gasteiger partial charge in [0, 0.05) is 7.11 Å². The molecule has 0 unspecified atom stereocenters. The molecule has 0 bridgehead atoms. The fraction of sp³-hybridized carbons (Fsp3) is 0.308. The SMILES string of the molecule is COCCOC(=CO)C(=O)OCc1ccccc1. The molecule has 1 N–H and O–H groups in total. The van der Waals surface area contributed by atoms with Gasteiger partial charge in [-0.1, -0.05) is 30.3 Å². The van der Waals surface area contributed by atoms with Gasteiger partial charge in [0.05, 0.1) is 6.61 Å². The van der Waals surface area contributed by atoms with Crippen LogP contribution in [-0.4, -0.2) is 31.4 Å². The normalized spacial score (nSPS) is 11.1. The van der Waals surface area contributed by atoms with Gasteiger partial charge in [-0.2, -0.15) is 0 Å². The van der Waals surface area contributed by atoms with Crippen molar-refractivity contribution in [1.29, 1.82) is 0 Å². The molecule has 1 rings (SSSR count). The van der Waals surface area contributed by atoms with Crippen LogP contribution in [0.15, 0.2) is 42.4 Å². The number of carbonyl (C=O) groups is 1. The molecule has 98 valence electrons. The molecule has 0 aliphatic carbocycles. The first-order valence-corrected chi connectivity index (χ1v) is 5.45. The Morgan fingerprint density at radius 3 is 2.56 bits per heavy atom. The molecular formula is C13H16O5. The second kappa shape index (κ2) is 8.14. The van der Waals surface area contributed by atoms with Crippen LogP contribution in [0.2, 0.25) is 0 Å². The molecule has 0 aliphatic heterocycles. The Labute approximate surface area is 106 Å². The molecule has 0 amide bonds. The van der Waals surface area contributed by atoms with E-state index in [9.17, 15) is 4.79 Å². The van der Waals surface area contributed by atoms with Crippen molar-refractivity contribution in [1.82, 2.24) is 0 Å². The first-order chi connectivity index (χ1) is 8.77. The summed E-state index contributed by atoms with van der Waals surface area (Å²) >= 11 is 0. The number of aliphatic hydroxyl groups is 1. The van der Waals surface area contributed by atoms with E-state index in [1.165, 1.54) is 7.11 Å². The molecule has 5 nitrogen and oxygen atoms in total. The molecular weight excluding hydrogens is 236 g/mol. The van der Waals surface area contributed by atoms with Gasteiger partial charge in [0.15, 0.2) is 0 Å². The second-order valence-corrected chi connectivity index (χ2v) is 3.40. The number of benzene rings is 1. The van der Waals surface area contributed by atoms with Gasteiger partial charge in [0.1, 0.15) is 19.5 Å². The monoisotopic (exact) mass is 252 g/mol. The van der Waals surface area contributed by atoms with E-state index >= 15 is 0 Å². The van der Waals surface area contributed by atoms with E-state index in [1.54, 1.807) is 0 Å². The fourth-order valence-electron chi connectivity index (χ4n) is 1.18. The third-order valence-corrected chi connectivity index (χ3v) is 2.08. The van der Waals surface area contributed by atoms with Gasteiger partial charge in [-0.05, 0) is 5.56 Å². The average molecular weight is 252 g/mol.